The third-order valence-corrected chi connectivity index (χ3v) is 6.65. The first-order valence-electron chi connectivity index (χ1n) is 10.8. The second-order valence-electron chi connectivity index (χ2n) is 8.43. The zero-order chi connectivity index (χ0) is 22.2. The first-order valence-corrected chi connectivity index (χ1v) is 10.8. The Morgan fingerprint density at radius 1 is 0.625 bits per heavy atom. The topological polar surface area (TPSA) is 59.1 Å². The zero-order valence-corrected chi connectivity index (χ0v) is 18.2. The van der Waals surface area contributed by atoms with Crippen molar-refractivity contribution in [3.8, 4) is 11.5 Å². The van der Waals surface area contributed by atoms with E-state index in [1.54, 1.807) is 14.2 Å². The van der Waals surface area contributed by atoms with Crippen LogP contribution in [0.2, 0.25) is 0 Å². The molecule has 4 bridgehead atoms. The number of methoxy groups -OCH3 is 2. The molecule has 2 aromatic rings. The van der Waals surface area contributed by atoms with Crippen molar-refractivity contribution in [2.24, 2.45) is 11.8 Å². The molecule has 5 aliphatic heterocycles. The molecule has 4 atom stereocenters. The van der Waals surface area contributed by atoms with Crippen LogP contribution in [0.25, 0.3) is 0 Å². The number of carbonyl (C=O) groups is 2. The van der Waals surface area contributed by atoms with Gasteiger partial charge in [0.15, 0.2) is 0 Å². The number of nitrogens with zero attached hydrogens (tertiary/aromatic N) is 2. The van der Waals surface area contributed by atoms with Gasteiger partial charge in [0, 0.05) is 13.1 Å². The summed E-state index contributed by atoms with van der Waals surface area (Å²) in [6.45, 7) is 0.939. The average Bonchev–Trinajstić information content (AvgIpc) is 2.81. The molecule has 6 nitrogen and oxygen atoms in total. The summed E-state index contributed by atoms with van der Waals surface area (Å²) in [6.07, 6.45) is 8.07. The average molecular weight is 431 g/mol. The van der Waals surface area contributed by atoms with Crippen LogP contribution in [0.5, 0.6) is 11.5 Å². The van der Waals surface area contributed by atoms with E-state index >= 15 is 0 Å². The van der Waals surface area contributed by atoms with Crippen molar-refractivity contribution in [1.29, 1.82) is 0 Å². The van der Waals surface area contributed by atoms with Crippen molar-refractivity contribution in [2.45, 2.75) is 25.2 Å². The number of ether oxygens (including phenoxy) is 2. The van der Waals surface area contributed by atoms with Crippen molar-refractivity contribution in [1.82, 2.24) is 9.80 Å². The second-order valence-corrected chi connectivity index (χ2v) is 8.43. The summed E-state index contributed by atoms with van der Waals surface area (Å²) in [7, 11) is 3.26. The van der Waals surface area contributed by atoms with Crippen molar-refractivity contribution in [3.05, 3.63) is 84.0 Å². The SMILES string of the molecule is COc1ccc(CN2C(=O)[C@H]3C=C[C@H]2[C@@H]2C=C[C@@H]3N(Cc3ccc(OC)cc3)C2=O)cc1. The van der Waals surface area contributed by atoms with Gasteiger partial charge in [-0.1, -0.05) is 48.6 Å². The first kappa shape index (κ1) is 20.4. The monoisotopic (exact) mass is 430 g/mol. The van der Waals surface area contributed by atoms with E-state index in [0.717, 1.165) is 22.6 Å². The van der Waals surface area contributed by atoms with E-state index in [2.05, 4.69) is 0 Å². The summed E-state index contributed by atoms with van der Waals surface area (Å²) in [6, 6.07) is 14.9. The molecule has 6 heteroatoms. The predicted molar refractivity (Wildman–Crippen MR) is 120 cm³/mol. The molecule has 6 aliphatic rings. The molecule has 0 radical (unpaired) electrons. The second kappa shape index (κ2) is 8.19. The highest BCUT2D eigenvalue weighted by Gasteiger charge is 2.49. The van der Waals surface area contributed by atoms with E-state index < -0.39 is 0 Å². The van der Waals surface area contributed by atoms with E-state index in [9.17, 15) is 9.59 Å². The maximum Gasteiger partial charge on any atom is 0.232 e. The van der Waals surface area contributed by atoms with Crippen LogP contribution >= 0.6 is 0 Å². The van der Waals surface area contributed by atoms with Gasteiger partial charge in [-0.3, -0.25) is 9.59 Å². The van der Waals surface area contributed by atoms with Gasteiger partial charge in [-0.25, -0.2) is 0 Å². The summed E-state index contributed by atoms with van der Waals surface area (Å²) < 4.78 is 10.5. The quantitative estimate of drug-likeness (QED) is 0.661. The summed E-state index contributed by atoms with van der Waals surface area (Å²) in [5.74, 6) is 0.925. The number of amides is 2. The molecule has 8 rings (SSSR count). The van der Waals surface area contributed by atoms with E-state index in [4.69, 9.17) is 9.47 Å². The van der Waals surface area contributed by atoms with Gasteiger partial charge in [0.1, 0.15) is 11.5 Å². The van der Waals surface area contributed by atoms with Crippen molar-refractivity contribution < 1.29 is 19.1 Å². The lowest BCUT2D eigenvalue weighted by Crippen LogP contribution is -2.62. The summed E-state index contributed by atoms with van der Waals surface area (Å²) in [5, 5.41) is 0. The normalized spacial score (nSPS) is 25.8. The van der Waals surface area contributed by atoms with E-state index in [1.165, 1.54) is 0 Å². The molecule has 164 valence electrons. The lowest BCUT2D eigenvalue weighted by molar-refractivity contribution is -0.152. The lowest BCUT2D eigenvalue weighted by Gasteiger charge is -2.49. The Hall–Kier alpha value is -3.54. The van der Waals surface area contributed by atoms with Crippen LogP contribution in [-0.4, -0.2) is 47.9 Å². The number of benzene rings is 2. The van der Waals surface area contributed by atoms with Gasteiger partial charge in [-0.2, -0.15) is 0 Å². The molecule has 1 aliphatic carbocycles. The van der Waals surface area contributed by atoms with Gasteiger partial charge < -0.3 is 19.3 Å². The Labute approximate surface area is 187 Å². The smallest absolute Gasteiger partial charge is 0.232 e. The summed E-state index contributed by atoms with van der Waals surface area (Å²) in [4.78, 5) is 30.8. The molecule has 2 aromatic carbocycles. The number of carbonyl (C=O) groups excluding carboxylic acids is 2. The minimum atomic E-state index is -0.385. The molecule has 1 fully saturated rings. The summed E-state index contributed by atoms with van der Waals surface area (Å²) >= 11 is 0. The Morgan fingerprint density at radius 3 is 1.34 bits per heavy atom. The lowest BCUT2D eigenvalue weighted by atomic mass is 9.78. The standard InChI is InChI=1S/C26H26N2O4/c1-31-19-7-3-17(4-8-19)15-27-23-13-11-22(25(27)29)24-14-12-21(23)26(30)28(24)16-18-5-9-20(32-2)10-6-18/h3-14,21-24H,15-16H2,1-2H3/t21-,22-,23-,24-/m0/s1. The highest BCUT2D eigenvalue weighted by Crippen LogP contribution is 2.38. The van der Waals surface area contributed by atoms with Crippen LogP contribution in [0.3, 0.4) is 0 Å². The highest BCUT2D eigenvalue weighted by molar-refractivity contribution is 5.91. The predicted octanol–water partition coefficient (Wildman–Crippen LogP) is 3.18. The highest BCUT2D eigenvalue weighted by atomic mass is 16.5. The van der Waals surface area contributed by atoms with Crippen LogP contribution < -0.4 is 9.47 Å². The Bertz CT molecular complexity index is 987. The Balaban J connectivity index is 1.41. The zero-order valence-electron chi connectivity index (χ0n) is 18.2. The Kier molecular flexibility index (Phi) is 5.21. The summed E-state index contributed by atoms with van der Waals surface area (Å²) in [5.41, 5.74) is 2.03. The molecule has 1 saturated heterocycles. The van der Waals surface area contributed by atoms with Gasteiger partial charge in [-0.15, -0.1) is 0 Å². The van der Waals surface area contributed by atoms with Crippen LogP contribution in [0.1, 0.15) is 11.1 Å². The Morgan fingerprint density at radius 2 is 1.00 bits per heavy atom. The third-order valence-electron chi connectivity index (χ3n) is 6.65. The fourth-order valence-electron chi connectivity index (χ4n) is 4.89. The van der Waals surface area contributed by atoms with E-state index in [1.807, 2.05) is 82.6 Å². The number of hydrogen-bond donors (Lipinski definition) is 0. The van der Waals surface area contributed by atoms with Crippen LogP contribution in [0.15, 0.2) is 72.8 Å². The minimum absolute atomic E-state index is 0.0694. The van der Waals surface area contributed by atoms with Gasteiger partial charge >= 0.3 is 0 Å². The van der Waals surface area contributed by atoms with Gasteiger partial charge in [0.25, 0.3) is 0 Å². The van der Waals surface area contributed by atoms with E-state index in [0.29, 0.717) is 13.1 Å². The molecule has 0 saturated carbocycles. The van der Waals surface area contributed by atoms with Crippen molar-refractivity contribution in [2.75, 3.05) is 14.2 Å². The molecule has 5 heterocycles. The van der Waals surface area contributed by atoms with Crippen LogP contribution in [0, 0.1) is 11.8 Å². The number of rotatable bonds is 6. The van der Waals surface area contributed by atoms with Crippen molar-refractivity contribution in [3.63, 3.8) is 0 Å². The molecule has 0 aromatic heterocycles. The van der Waals surface area contributed by atoms with Crippen LogP contribution in [0.4, 0.5) is 0 Å². The van der Waals surface area contributed by atoms with Gasteiger partial charge in [-0.05, 0) is 35.4 Å². The third kappa shape index (κ3) is 3.45. The molecule has 0 spiro atoms. The molecular formula is C26H26N2O4. The van der Waals surface area contributed by atoms with Gasteiger partial charge in [0.05, 0.1) is 38.1 Å². The largest absolute Gasteiger partial charge is 0.497 e. The van der Waals surface area contributed by atoms with Crippen molar-refractivity contribution >= 4 is 11.8 Å². The molecular weight excluding hydrogens is 404 g/mol. The maximum absolute atomic E-state index is 13.5. The molecule has 0 N–H and O–H groups in total. The number of hydrogen-bond acceptors (Lipinski definition) is 4. The minimum Gasteiger partial charge on any atom is -0.497 e. The molecule has 2 amide bonds. The molecule has 32 heavy (non-hydrogen) atoms. The fourth-order valence-corrected chi connectivity index (χ4v) is 4.89. The van der Waals surface area contributed by atoms with Gasteiger partial charge in [0.2, 0.25) is 11.8 Å². The van der Waals surface area contributed by atoms with E-state index in [-0.39, 0.29) is 35.7 Å². The maximum atomic E-state index is 13.5. The molecule has 0 unspecified atom stereocenters. The first-order chi connectivity index (χ1) is 15.6. The fraction of sp³-hybridized carbons (Fsp3) is 0.308. The van der Waals surface area contributed by atoms with Crippen LogP contribution in [-0.2, 0) is 22.7 Å².